The molecule has 2 aliphatic heterocycles. The van der Waals surface area contributed by atoms with Crippen LogP contribution in [0.15, 0.2) is 60.7 Å². The number of carbonyl (C=O) groups is 3. The maximum absolute atomic E-state index is 12.9. The summed E-state index contributed by atoms with van der Waals surface area (Å²) in [5.74, 6) is -0.206. The second kappa shape index (κ2) is 8.47. The van der Waals surface area contributed by atoms with Crippen LogP contribution in [0.3, 0.4) is 0 Å². The standard InChI is InChI=1S/C23H25N3O3/c27-21(15-18-7-3-1-4-8-18)24-11-13-25(14-12-24)23(29)19-16-22(28)26(17-19)20-9-5-2-6-10-20/h1-10,19H,11-17H2/t19-/m1/s1. The van der Waals surface area contributed by atoms with Crippen molar-refractivity contribution >= 4 is 23.4 Å². The van der Waals surface area contributed by atoms with Crippen LogP contribution in [0.1, 0.15) is 12.0 Å². The van der Waals surface area contributed by atoms with Crippen molar-refractivity contribution < 1.29 is 14.4 Å². The second-order valence-corrected chi connectivity index (χ2v) is 7.61. The molecule has 0 radical (unpaired) electrons. The van der Waals surface area contributed by atoms with Crippen molar-refractivity contribution in [2.24, 2.45) is 5.92 Å². The number of nitrogens with zero attached hydrogens (tertiary/aromatic N) is 3. The van der Waals surface area contributed by atoms with Crippen molar-refractivity contribution in [1.82, 2.24) is 9.80 Å². The molecule has 0 bridgehead atoms. The van der Waals surface area contributed by atoms with Gasteiger partial charge in [0.2, 0.25) is 17.7 Å². The predicted octanol–water partition coefficient (Wildman–Crippen LogP) is 1.95. The van der Waals surface area contributed by atoms with Gasteiger partial charge in [-0.2, -0.15) is 0 Å². The van der Waals surface area contributed by atoms with E-state index < -0.39 is 0 Å². The summed E-state index contributed by atoms with van der Waals surface area (Å²) in [4.78, 5) is 43.2. The first-order chi connectivity index (χ1) is 14.1. The van der Waals surface area contributed by atoms with Crippen LogP contribution < -0.4 is 4.90 Å². The van der Waals surface area contributed by atoms with Crippen LogP contribution in [0.5, 0.6) is 0 Å². The van der Waals surface area contributed by atoms with E-state index in [0.29, 0.717) is 39.1 Å². The Balaban J connectivity index is 1.30. The van der Waals surface area contributed by atoms with Crippen molar-refractivity contribution in [3.8, 4) is 0 Å². The van der Waals surface area contributed by atoms with Crippen molar-refractivity contribution in [3.63, 3.8) is 0 Å². The molecule has 2 heterocycles. The van der Waals surface area contributed by atoms with Gasteiger partial charge in [-0.05, 0) is 17.7 Å². The molecule has 6 heteroatoms. The predicted molar refractivity (Wildman–Crippen MR) is 110 cm³/mol. The number of hydrogen-bond acceptors (Lipinski definition) is 3. The first-order valence-corrected chi connectivity index (χ1v) is 10.1. The molecule has 2 fully saturated rings. The summed E-state index contributed by atoms with van der Waals surface area (Å²) in [6.45, 7) is 2.56. The molecule has 0 aromatic heterocycles. The van der Waals surface area contributed by atoms with Gasteiger partial charge in [-0.15, -0.1) is 0 Å². The molecule has 0 N–H and O–H groups in total. The van der Waals surface area contributed by atoms with E-state index in [0.717, 1.165) is 11.3 Å². The van der Waals surface area contributed by atoms with E-state index in [-0.39, 0.29) is 30.1 Å². The summed E-state index contributed by atoms with van der Waals surface area (Å²) >= 11 is 0. The average molecular weight is 391 g/mol. The summed E-state index contributed by atoms with van der Waals surface area (Å²) in [6.07, 6.45) is 0.638. The molecule has 0 aliphatic carbocycles. The molecule has 150 valence electrons. The van der Waals surface area contributed by atoms with E-state index in [1.807, 2.05) is 65.6 Å². The smallest absolute Gasteiger partial charge is 0.228 e. The largest absolute Gasteiger partial charge is 0.339 e. The SMILES string of the molecule is O=C(Cc1ccccc1)N1CCN(C(=O)[C@@H]2CC(=O)N(c3ccccc3)C2)CC1. The van der Waals surface area contributed by atoms with Crippen LogP contribution in [0.2, 0.25) is 0 Å². The first kappa shape index (κ1) is 19.2. The van der Waals surface area contributed by atoms with Gasteiger partial charge in [0.05, 0.1) is 12.3 Å². The average Bonchev–Trinajstić information content (AvgIpc) is 3.16. The molecule has 3 amide bonds. The molecular weight excluding hydrogens is 366 g/mol. The van der Waals surface area contributed by atoms with Crippen molar-refractivity contribution in [3.05, 3.63) is 66.2 Å². The van der Waals surface area contributed by atoms with Crippen LogP contribution >= 0.6 is 0 Å². The molecule has 2 aromatic carbocycles. The summed E-state index contributed by atoms with van der Waals surface area (Å²) in [7, 11) is 0. The van der Waals surface area contributed by atoms with Crippen LogP contribution in [0, 0.1) is 5.92 Å². The Hall–Kier alpha value is -3.15. The minimum Gasteiger partial charge on any atom is -0.339 e. The van der Waals surface area contributed by atoms with Gasteiger partial charge in [0, 0.05) is 44.8 Å². The fourth-order valence-electron chi connectivity index (χ4n) is 4.05. The minimum atomic E-state index is -0.311. The van der Waals surface area contributed by atoms with Crippen molar-refractivity contribution in [2.45, 2.75) is 12.8 Å². The van der Waals surface area contributed by atoms with Gasteiger partial charge in [-0.1, -0.05) is 48.5 Å². The van der Waals surface area contributed by atoms with Gasteiger partial charge < -0.3 is 14.7 Å². The molecule has 1 atom stereocenters. The van der Waals surface area contributed by atoms with Crippen molar-refractivity contribution in [2.75, 3.05) is 37.6 Å². The van der Waals surface area contributed by atoms with Crippen LogP contribution in [0.25, 0.3) is 0 Å². The van der Waals surface area contributed by atoms with E-state index in [4.69, 9.17) is 0 Å². The van der Waals surface area contributed by atoms with Crippen LogP contribution in [-0.4, -0.2) is 60.2 Å². The molecule has 2 saturated heterocycles. The fourth-order valence-corrected chi connectivity index (χ4v) is 4.05. The molecule has 0 spiro atoms. The maximum atomic E-state index is 12.9. The Bertz CT molecular complexity index is 877. The lowest BCUT2D eigenvalue weighted by Gasteiger charge is -2.36. The minimum absolute atomic E-state index is 0.00813. The number of rotatable bonds is 4. The van der Waals surface area contributed by atoms with E-state index in [1.165, 1.54) is 0 Å². The summed E-state index contributed by atoms with van der Waals surface area (Å²) in [6, 6.07) is 19.2. The molecule has 2 aromatic rings. The molecule has 29 heavy (non-hydrogen) atoms. The number of hydrogen-bond donors (Lipinski definition) is 0. The zero-order valence-corrected chi connectivity index (χ0v) is 16.4. The van der Waals surface area contributed by atoms with Gasteiger partial charge in [0.15, 0.2) is 0 Å². The second-order valence-electron chi connectivity index (χ2n) is 7.61. The molecule has 2 aliphatic rings. The fraction of sp³-hybridized carbons (Fsp3) is 0.348. The van der Waals surface area contributed by atoms with Gasteiger partial charge in [0.25, 0.3) is 0 Å². The lowest BCUT2D eigenvalue weighted by atomic mass is 10.1. The number of amides is 3. The Morgan fingerprint density at radius 3 is 2.07 bits per heavy atom. The highest BCUT2D eigenvalue weighted by Gasteiger charge is 2.38. The summed E-state index contributed by atoms with van der Waals surface area (Å²) in [5.41, 5.74) is 1.84. The Morgan fingerprint density at radius 2 is 1.41 bits per heavy atom. The van der Waals surface area contributed by atoms with Crippen LogP contribution in [0.4, 0.5) is 5.69 Å². The monoisotopic (exact) mass is 391 g/mol. The van der Waals surface area contributed by atoms with Gasteiger partial charge in [0.1, 0.15) is 0 Å². The zero-order valence-electron chi connectivity index (χ0n) is 16.4. The maximum Gasteiger partial charge on any atom is 0.228 e. The lowest BCUT2D eigenvalue weighted by molar-refractivity contribution is -0.141. The molecule has 4 rings (SSSR count). The van der Waals surface area contributed by atoms with E-state index in [9.17, 15) is 14.4 Å². The zero-order chi connectivity index (χ0) is 20.2. The summed E-state index contributed by atoms with van der Waals surface area (Å²) < 4.78 is 0. The third-order valence-corrected chi connectivity index (χ3v) is 5.68. The summed E-state index contributed by atoms with van der Waals surface area (Å²) in [5, 5.41) is 0. The van der Waals surface area contributed by atoms with Crippen molar-refractivity contribution in [1.29, 1.82) is 0 Å². The van der Waals surface area contributed by atoms with Gasteiger partial charge >= 0.3 is 0 Å². The topological polar surface area (TPSA) is 60.9 Å². The van der Waals surface area contributed by atoms with E-state index >= 15 is 0 Å². The lowest BCUT2D eigenvalue weighted by Crippen LogP contribution is -2.52. The number of para-hydroxylation sites is 1. The highest BCUT2D eigenvalue weighted by molar-refractivity contribution is 6.00. The van der Waals surface area contributed by atoms with E-state index in [2.05, 4.69) is 0 Å². The third kappa shape index (κ3) is 4.31. The van der Waals surface area contributed by atoms with Gasteiger partial charge in [-0.25, -0.2) is 0 Å². The normalized spacial score (nSPS) is 19.5. The highest BCUT2D eigenvalue weighted by atomic mass is 16.2. The number of benzene rings is 2. The molecule has 6 nitrogen and oxygen atoms in total. The van der Waals surface area contributed by atoms with Gasteiger partial charge in [-0.3, -0.25) is 14.4 Å². The number of carbonyl (C=O) groups excluding carboxylic acids is 3. The van der Waals surface area contributed by atoms with E-state index in [1.54, 1.807) is 9.80 Å². The quantitative estimate of drug-likeness (QED) is 0.801. The third-order valence-electron chi connectivity index (χ3n) is 5.68. The Morgan fingerprint density at radius 1 is 0.828 bits per heavy atom. The molecule has 0 saturated carbocycles. The molecular formula is C23H25N3O3. The highest BCUT2D eigenvalue weighted by Crippen LogP contribution is 2.26. The number of anilines is 1. The number of piperazine rings is 1. The van der Waals surface area contributed by atoms with Crippen LogP contribution in [-0.2, 0) is 20.8 Å². The first-order valence-electron chi connectivity index (χ1n) is 10.1. The molecule has 0 unspecified atom stereocenters. The Labute approximate surface area is 170 Å². The Kier molecular flexibility index (Phi) is 5.60.